The fourth-order valence-corrected chi connectivity index (χ4v) is 3.35. The normalized spacial score (nSPS) is 11.4. The number of carbonyl (C=O) groups is 2. The second-order valence-corrected chi connectivity index (χ2v) is 7.27. The number of amides is 2. The molecular formula is C24H21ClFN3O2. The molecule has 3 N–H and O–H groups in total. The summed E-state index contributed by atoms with van der Waals surface area (Å²) in [7, 11) is 0. The molecule has 0 radical (unpaired) electrons. The fourth-order valence-electron chi connectivity index (χ4n) is 3.17. The minimum atomic E-state index is -1.20. The summed E-state index contributed by atoms with van der Waals surface area (Å²) in [5, 5.41) is 3.15. The van der Waals surface area contributed by atoms with Gasteiger partial charge < -0.3 is 11.1 Å². The summed E-state index contributed by atoms with van der Waals surface area (Å²) >= 11 is 6.10. The summed E-state index contributed by atoms with van der Waals surface area (Å²) in [4.78, 5) is 27.2. The third kappa shape index (κ3) is 5.49. The quantitative estimate of drug-likeness (QED) is 0.412. The SMILES string of the molecule is C=C(F)C(=O)N(c1cccc(Cl)c1)C(C(=O)NCc1ccccc1)c1cccc(N)c1. The maximum Gasteiger partial charge on any atom is 0.287 e. The lowest BCUT2D eigenvalue weighted by Gasteiger charge is -2.31. The molecule has 3 aromatic rings. The zero-order valence-corrected chi connectivity index (χ0v) is 17.4. The van der Waals surface area contributed by atoms with E-state index < -0.39 is 23.7 Å². The van der Waals surface area contributed by atoms with Crippen molar-refractivity contribution in [2.45, 2.75) is 12.6 Å². The van der Waals surface area contributed by atoms with Crippen LogP contribution in [-0.2, 0) is 16.1 Å². The Balaban J connectivity index is 2.06. The Hall–Kier alpha value is -3.64. The molecule has 0 aliphatic heterocycles. The van der Waals surface area contributed by atoms with Gasteiger partial charge in [0.05, 0.1) is 0 Å². The molecule has 0 aromatic heterocycles. The summed E-state index contributed by atoms with van der Waals surface area (Å²) in [5.41, 5.74) is 7.85. The molecule has 2 amide bonds. The molecule has 31 heavy (non-hydrogen) atoms. The van der Waals surface area contributed by atoms with E-state index in [0.29, 0.717) is 16.3 Å². The van der Waals surface area contributed by atoms with Gasteiger partial charge in [0.2, 0.25) is 5.91 Å². The zero-order valence-electron chi connectivity index (χ0n) is 16.6. The molecule has 0 bridgehead atoms. The molecular weight excluding hydrogens is 417 g/mol. The molecule has 158 valence electrons. The van der Waals surface area contributed by atoms with Crippen LogP contribution in [-0.4, -0.2) is 11.8 Å². The summed E-state index contributed by atoms with van der Waals surface area (Å²) in [5.74, 6) is -2.77. The number of hydrogen-bond acceptors (Lipinski definition) is 3. The van der Waals surface area contributed by atoms with E-state index in [0.717, 1.165) is 10.5 Å². The van der Waals surface area contributed by atoms with Gasteiger partial charge in [-0.25, -0.2) is 4.39 Å². The lowest BCUT2D eigenvalue weighted by atomic mass is 10.0. The van der Waals surface area contributed by atoms with Crippen molar-refractivity contribution in [2.24, 2.45) is 0 Å². The van der Waals surface area contributed by atoms with Gasteiger partial charge in [0.25, 0.3) is 5.91 Å². The number of nitrogen functional groups attached to an aromatic ring is 1. The Bertz CT molecular complexity index is 1100. The number of nitrogens with two attached hydrogens (primary N) is 1. The van der Waals surface area contributed by atoms with Crippen LogP contribution in [0.4, 0.5) is 15.8 Å². The van der Waals surface area contributed by atoms with E-state index in [9.17, 15) is 14.0 Å². The van der Waals surface area contributed by atoms with E-state index in [1.54, 1.807) is 42.5 Å². The molecule has 0 aliphatic carbocycles. The number of anilines is 2. The molecule has 0 saturated carbocycles. The van der Waals surface area contributed by atoms with Crippen molar-refractivity contribution in [3.63, 3.8) is 0 Å². The number of halogens is 2. The first-order chi connectivity index (χ1) is 14.9. The van der Waals surface area contributed by atoms with Gasteiger partial charge in [0.15, 0.2) is 5.83 Å². The van der Waals surface area contributed by atoms with Gasteiger partial charge in [-0.15, -0.1) is 0 Å². The summed E-state index contributed by atoms with van der Waals surface area (Å²) in [6.45, 7) is 3.35. The van der Waals surface area contributed by atoms with Crippen molar-refractivity contribution in [3.05, 3.63) is 107 Å². The van der Waals surface area contributed by atoms with Gasteiger partial charge in [-0.1, -0.05) is 66.7 Å². The van der Waals surface area contributed by atoms with Crippen LogP contribution in [0.3, 0.4) is 0 Å². The number of nitrogens with zero attached hydrogens (tertiary/aromatic N) is 1. The highest BCUT2D eigenvalue weighted by Crippen LogP contribution is 2.32. The first-order valence-electron chi connectivity index (χ1n) is 9.47. The molecule has 3 aromatic carbocycles. The lowest BCUT2D eigenvalue weighted by Crippen LogP contribution is -2.44. The summed E-state index contributed by atoms with van der Waals surface area (Å²) < 4.78 is 14.0. The highest BCUT2D eigenvalue weighted by molar-refractivity contribution is 6.31. The molecule has 5 nitrogen and oxygen atoms in total. The van der Waals surface area contributed by atoms with Crippen LogP contribution in [0.2, 0.25) is 5.02 Å². The molecule has 0 aliphatic rings. The monoisotopic (exact) mass is 437 g/mol. The van der Waals surface area contributed by atoms with Crippen LogP contribution in [0.5, 0.6) is 0 Å². The maximum absolute atomic E-state index is 14.0. The molecule has 7 heteroatoms. The largest absolute Gasteiger partial charge is 0.399 e. The first-order valence-corrected chi connectivity index (χ1v) is 9.85. The van der Waals surface area contributed by atoms with Crippen LogP contribution in [0.25, 0.3) is 0 Å². The van der Waals surface area contributed by atoms with Crippen molar-refractivity contribution >= 4 is 34.8 Å². The van der Waals surface area contributed by atoms with Crippen LogP contribution < -0.4 is 16.0 Å². The molecule has 1 unspecified atom stereocenters. The molecule has 0 heterocycles. The van der Waals surface area contributed by atoms with E-state index >= 15 is 0 Å². The Labute approximate surface area is 184 Å². The number of carbonyl (C=O) groups excluding carboxylic acids is 2. The van der Waals surface area contributed by atoms with Crippen molar-refractivity contribution in [1.82, 2.24) is 5.32 Å². The number of benzene rings is 3. The zero-order chi connectivity index (χ0) is 22.4. The Morgan fingerprint density at radius 1 is 1.03 bits per heavy atom. The predicted molar refractivity (Wildman–Crippen MR) is 121 cm³/mol. The highest BCUT2D eigenvalue weighted by atomic mass is 35.5. The number of nitrogens with one attached hydrogen (secondary N) is 1. The van der Waals surface area contributed by atoms with Crippen LogP contribution in [0, 0.1) is 0 Å². The van der Waals surface area contributed by atoms with Gasteiger partial charge in [0, 0.05) is 22.9 Å². The standard InChI is InChI=1S/C24H21ClFN3O2/c1-16(26)24(31)29(21-12-6-10-19(25)14-21)22(18-9-5-11-20(27)13-18)23(30)28-15-17-7-3-2-4-8-17/h2-14,22H,1,15,27H2,(H,28,30). The van der Waals surface area contributed by atoms with E-state index in [2.05, 4.69) is 11.9 Å². The van der Waals surface area contributed by atoms with Gasteiger partial charge in [-0.05, 0) is 41.5 Å². The third-order valence-corrected chi connectivity index (χ3v) is 4.81. The average Bonchev–Trinajstić information content (AvgIpc) is 2.76. The Morgan fingerprint density at radius 3 is 2.39 bits per heavy atom. The summed E-state index contributed by atoms with van der Waals surface area (Å²) in [6, 6.07) is 20.9. The smallest absolute Gasteiger partial charge is 0.287 e. The Morgan fingerprint density at radius 2 is 1.74 bits per heavy atom. The second-order valence-electron chi connectivity index (χ2n) is 6.84. The maximum atomic E-state index is 14.0. The molecule has 0 saturated heterocycles. The molecule has 0 fully saturated rings. The average molecular weight is 438 g/mol. The molecule has 3 rings (SSSR count). The molecule has 0 spiro atoms. The van der Waals surface area contributed by atoms with E-state index in [1.165, 1.54) is 6.07 Å². The van der Waals surface area contributed by atoms with Gasteiger partial charge in [-0.3, -0.25) is 14.5 Å². The van der Waals surface area contributed by atoms with Gasteiger partial charge in [-0.2, -0.15) is 0 Å². The highest BCUT2D eigenvalue weighted by Gasteiger charge is 2.34. The fraction of sp³-hybridized carbons (Fsp3) is 0.0833. The van der Waals surface area contributed by atoms with Crippen molar-refractivity contribution in [2.75, 3.05) is 10.6 Å². The topological polar surface area (TPSA) is 75.4 Å². The van der Waals surface area contributed by atoms with E-state index in [4.69, 9.17) is 17.3 Å². The lowest BCUT2D eigenvalue weighted by molar-refractivity contribution is -0.126. The van der Waals surface area contributed by atoms with Crippen LogP contribution >= 0.6 is 11.6 Å². The van der Waals surface area contributed by atoms with Gasteiger partial charge in [0.1, 0.15) is 6.04 Å². The third-order valence-electron chi connectivity index (χ3n) is 4.58. The predicted octanol–water partition coefficient (Wildman–Crippen LogP) is 4.80. The van der Waals surface area contributed by atoms with Crippen LogP contribution in [0.1, 0.15) is 17.2 Å². The molecule has 1 atom stereocenters. The number of rotatable bonds is 7. The van der Waals surface area contributed by atoms with E-state index in [1.807, 2.05) is 30.3 Å². The first kappa shape index (κ1) is 22.1. The van der Waals surface area contributed by atoms with Gasteiger partial charge >= 0.3 is 0 Å². The van der Waals surface area contributed by atoms with Crippen LogP contribution in [0.15, 0.2) is 91.3 Å². The van der Waals surface area contributed by atoms with Crippen molar-refractivity contribution < 1.29 is 14.0 Å². The second kappa shape index (κ2) is 9.91. The van der Waals surface area contributed by atoms with Crippen molar-refractivity contribution in [3.8, 4) is 0 Å². The summed E-state index contributed by atoms with van der Waals surface area (Å²) in [6.07, 6.45) is 0. The minimum absolute atomic E-state index is 0.229. The van der Waals surface area contributed by atoms with E-state index in [-0.39, 0.29) is 12.2 Å². The Kier molecular flexibility index (Phi) is 7.05. The van der Waals surface area contributed by atoms with Crippen molar-refractivity contribution in [1.29, 1.82) is 0 Å². The minimum Gasteiger partial charge on any atom is -0.399 e. The number of hydrogen-bond donors (Lipinski definition) is 2.